The molecule has 0 radical (unpaired) electrons. The maximum absolute atomic E-state index is 13.9. The van der Waals surface area contributed by atoms with Gasteiger partial charge in [0.1, 0.15) is 5.78 Å². The third-order valence-corrected chi connectivity index (χ3v) is 10.1. The molecule has 7 nitrogen and oxygen atoms in total. The van der Waals surface area contributed by atoms with Gasteiger partial charge < -0.3 is 14.2 Å². The number of Topliss-reactive ketones (excluding diaryl/α,β-unsaturated/α-hetero) is 1. The van der Waals surface area contributed by atoms with Crippen molar-refractivity contribution in [1.82, 2.24) is 0 Å². The third-order valence-electron chi connectivity index (χ3n) is 10.1. The van der Waals surface area contributed by atoms with Gasteiger partial charge in [-0.3, -0.25) is 19.2 Å². The second-order valence-electron chi connectivity index (χ2n) is 11.3. The van der Waals surface area contributed by atoms with Gasteiger partial charge in [0.15, 0.2) is 0 Å². The van der Waals surface area contributed by atoms with Crippen LogP contribution in [0.2, 0.25) is 0 Å². The van der Waals surface area contributed by atoms with Crippen LogP contribution in [-0.4, -0.2) is 45.0 Å². The maximum Gasteiger partial charge on any atom is 0.309 e. The number of rotatable bonds is 8. The van der Waals surface area contributed by atoms with Gasteiger partial charge in [-0.2, -0.15) is 0 Å². The molecule has 0 aromatic carbocycles. The molecule has 192 valence electrons. The lowest BCUT2D eigenvalue weighted by Gasteiger charge is -2.58. The molecule has 3 aliphatic carbocycles. The van der Waals surface area contributed by atoms with E-state index in [4.69, 9.17) is 14.2 Å². The van der Waals surface area contributed by atoms with Gasteiger partial charge in [0.2, 0.25) is 0 Å². The lowest BCUT2D eigenvalue weighted by atomic mass is 9.45. The second kappa shape index (κ2) is 10.4. The van der Waals surface area contributed by atoms with Gasteiger partial charge >= 0.3 is 17.9 Å². The topological polar surface area (TPSA) is 96.0 Å². The zero-order chi connectivity index (χ0) is 25.3. The van der Waals surface area contributed by atoms with Gasteiger partial charge in [0.05, 0.1) is 27.2 Å². The molecule has 7 heteroatoms. The number of methoxy groups -OCH3 is 3. The molecule has 0 heterocycles. The fourth-order valence-corrected chi connectivity index (χ4v) is 8.12. The summed E-state index contributed by atoms with van der Waals surface area (Å²) in [5.41, 5.74) is -0.895. The molecule has 0 unspecified atom stereocenters. The highest BCUT2D eigenvalue weighted by Crippen LogP contribution is 2.66. The largest absolute Gasteiger partial charge is 0.469 e. The number of carbonyl (C=O) groups is 4. The van der Waals surface area contributed by atoms with E-state index in [1.54, 1.807) is 0 Å². The molecule has 0 saturated heterocycles. The third kappa shape index (κ3) is 4.51. The lowest BCUT2D eigenvalue weighted by Crippen LogP contribution is -2.57. The van der Waals surface area contributed by atoms with Crippen molar-refractivity contribution < 1.29 is 33.4 Å². The Labute approximate surface area is 203 Å². The Morgan fingerprint density at radius 1 is 0.912 bits per heavy atom. The number of hydrogen-bond acceptors (Lipinski definition) is 7. The first kappa shape index (κ1) is 26.7. The summed E-state index contributed by atoms with van der Waals surface area (Å²) in [4.78, 5) is 50.4. The summed E-state index contributed by atoms with van der Waals surface area (Å²) in [6.45, 7) is 6.39. The van der Waals surface area contributed by atoms with Gasteiger partial charge in [0.25, 0.3) is 0 Å². The quantitative estimate of drug-likeness (QED) is 0.378. The van der Waals surface area contributed by atoms with E-state index in [-0.39, 0.29) is 59.7 Å². The number of esters is 3. The molecule has 34 heavy (non-hydrogen) atoms. The Kier molecular flexibility index (Phi) is 8.14. The summed E-state index contributed by atoms with van der Waals surface area (Å²) in [6, 6.07) is 0. The van der Waals surface area contributed by atoms with Crippen LogP contribution in [0.4, 0.5) is 0 Å². The molecule has 0 amide bonds. The Balaban J connectivity index is 1.87. The fraction of sp³-hybridized carbons (Fsp3) is 0.852. The van der Waals surface area contributed by atoms with Crippen LogP contribution in [0.1, 0.15) is 78.6 Å². The van der Waals surface area contributed by atoms with Crippen molar-refractivity contribution in [3.8, 4) is 0 Å². The Bertz CT molecular complexity index is 807. The van der Waals surface area contributed by atoms with E-state index in [1.807, 2.05) is 0 Å². The first-order valence-corrected chi connectivity index (χ1v) is 12.8. The smallest absolute Gasteiger partial charge is 0.309 e. The van der Waals surface area contributed by atoms with Crippen molar-refractivity contribution in [3.63, 3.8) is 0 Å². The number of ether oxygens (including phenoxy) is 3. The summed E-state index contributed by atoms with van der Waals surface area (Å²) in [5.74, 6) is 0.365. The van der Waals surface area contributed by atoms with E-state index in [9.17, 15) is 19.2 Å². The molecule has 3 saturated carbocycles. The van der Waals surface area contributed by atoms with E-state index in [2.05, 4.69) is 20.8 Å². The SMILES string of the molecule is COC(=O)CC[C@@H](C)[C@H]1CC[C@H]2[C@H]3CC[C@H](C(=O)OC)[C@@](C)(CCC(=O)OC)[C@@H]3CC(=O)[C@]12C. The van der Waals surface area contributed by atoms with Crippen molar-refractivity contribution in [3.05, 3.63) is 0 Å². The highest BCUT2D eigenvalue weighted by atomic mass is 16.5. The summed E-state index contributed by atoms with van der Waals surface area (Å²) in [5, 5.41) is 0. The molecule has 0 bridgehead atoms. The minimum absolute atomic E-state index is 0.0460. The van der Waals surface area contributed by atoms with Crippen molar-refractivity contribution >= 4 is 23.7 Å². The molecule has 0 N–H and O–H groups in total. The molecular weight excluding hydrogens is 436 g/mol. The normalized spacial score (nSPS) is 37.8. The van der Waals surface area contributed by atoms with E-state index >= 15 is 0 Å². The maximum atomic E-state index is 13.9. The molecule has 3 fully saturated rings. The van der Waals surface area contributed by atoms with Gasteiger partial charge in [-0.15, -0.1) is 0 Å². The molecule has 0 aliphatic heterocycles. The second-order valence-corrected chi connectivity index (χ2v) is 11.3. The van der Waals surface area contributed by atoms with E-state index in [1.165, 1.54) is 21.3 Å². The van der Waals surface area contributed by atoms with Crippen molar-refractivity contribution in [1.29, 1.82) is 0 Å². The van der Waals surface area contributed by atoms with Crippen molar-refractivity contribution in [2.45, 2.75) is 78.6 Å². The summed E-state index contributed by atoms with van der Waals surface area (Å²) < 4.78 is 14.9. The van der Waals surface area contributed by atoms with Gasteiger partial charge in [0, 0.05) is 24.7 Å². The van der Waals surface area contributed by atoms with Crippen LogP contribution >= 0.6 is 0 Å². The summed E-state index contributed by atoms with van der Waals surface area (Å²) >= 11 is 0. The van der Waals surface area contributed by atoms with Crippen LogP contribution in [-0.2, 0) is 33.4 Å². The fourth-order valence-electron chi connectivity index (χ4n) is 8.12. The van der Waals surface area contributed by atoms with Crippen molar-refractivity contribution in [2.24, 2.45) is 46.3 Å². The standard InChI is InChI=1S/C27H42O7/c1-16(7-12-23(29)32-4)18-10-11-19-17-8-9-20(25(31)34-6)26(2,14-13-24(30)33-5)21(17)15-22(28)27(18,19)3/h16-21H,7-15H2,1-6H3/t16-,17-,18-,19+,20-,21-,26-,27-/m1/s1. The van der Waals surface area contributed by atoms with Gasteiger partial charge in [-0.25, -0.2) is 0 Å². The number of fused-ring (bicyclic) bond motifs is 3. The Hall–Kier alpha value is -1.92. The average Bonchev–Trinajstić information content (AvgIpc) is 3.20. The molecular formula is C27H42O7. The molecule has 8 atom stereocenters. The first-order chi connectivity index (χ1) is 16.0. The van der Waals surface area contributed by atoms with Gasteiger partial charge in [-0.05, 0) is 73.5 Å². The van der Waals surface area contributed by atoms with E-state index < -0.39 is 10.8 Å². The van der Waals surface area contributed by atoms with Crippen LogP contribution in [0.15, 0.2) is 0 Å². The Morgan fingerprint density at radius 3 is 2.18 bits per heavy atom. The predicted molar refractivity (Wildman–Crippen MR) is 125 cm³/mol. The number of ketones is 1. The minimum atomic E-state index is -0.490. The van der Waals surface area contributed by atoms with Crippen molar-refractivity contribution in [2.75, 3.05) is 21.3 Å². The van der Waals surface area contributed by atoms with Crippen LogP contribution in [0.3, 0.4) is 0 Å². The average molecular weight is 479 g/mol. The molecule has 0 aromatic rings. The highest BCUT2D eigenvalue weighted by molar-refractivity contribution is 5.87. The molecule has 3 rings (SSSR count). The zero-order valence-corrected chi connectivity index (χ0v) is 21.7. The zero-order valence-electron chi connectivity index (χ0n) is 21.7. The Morgan fingerprint density at radius 2 is 1.56 bits per heavy atom. The van der Waals surface area contributed by atoms with Crippen LogP contribution in [0.25, 0.3) is 0 Å². The lowest BCUT2D eigenvalue weighted by molar-refractivity contribution is -0.171. The monoisotopic (exact) mass is 478 g/mol. The highest BCUT2D eigenvalue weighted by Gasteiger charge is 2.64. The summed E-state index contributed by atoms with van der Waals surface area (Å²) in [6.07, 6.45) is 5.87. The predicted octanol–water partition coefficient (Wildman–Crippen LogP) is 4.36. The van der Waals surface area contributed by atoms with Gasteiger partial charge in [-0.1, -0.05) is 20.8 Å². The van der Waals surface area contributed by atoms with Crippen LogP contribution in [0.5, 0.6) is 0 Å². The molecule has 0 spiro atoms. The van der Waals surface area contributed by atoms with Crippen LogP contribution in [0, 0.1) is 46.3 Å². The molecule has 0 aromatic heterocycles. The molecule has 3 aliphatic rings. The number of carbonyl (C=O) groups excluding carboxylic acids is 4. The minimum Gasteiger partial charge on any atom is -0.469 e. The van der Waals surface area contributed by atoms with Crippen LogP contribution < -0.4 is 0 Å². The summed E-state index contributed by atoms with van der Waals surface area (Å²) in [7, 11) is 4.20. The first-order valence-electron chi connectivity index (χ1n) is 12.8. The number of hydrogen-bond donors (Lipinski definition) is 0. The van der Waals surface area contributed by atoms with E-state index in [0.29, 0.717) is 25.2 Å². The van der Waals surface area contributed by atoms with E-state index in [0.717, 1.165) is 32.1 Å².